The number of ether oxygens (including phenoxy) is 2. The highest BCUT2D eigenvalue weighted by Gasteiger charge is 2.20. The van der Waals surface area contributed by atoms with Gasteiger partial charge in [0, 0.05) is 32.0 Å². The van der Waals surface area contributed by atoms with Gasteiger partial charge in [0.25, 0.3) is 5.56 Å². The van der Waals surface area contributed by atoms with Gasteiger partial charge in [-0.2, -0.15) is 0 Å². The molecule has 1 fully saturated rings. The molecule has 140 valence electrons. The van der Waals surface area contributed by atoms with Crippen LogP contribution in [0, 0.1) is 6.92 Å². The highest BCUT2D eigenvalue weighted by atomic mass is 16.5. The van der Waals surface area contributed by atoms with E-state index in [1.54, 1.807) is 13.1 Å². The quantitative estimate of drug-likeness (QED) is 0.784. The van der Waals surface area contributed by atoms with Gasteiger partial charge in [-0.25, -0.2) is 14.3 Å². The number of aromatic nitrogens is 3. The first-order valence-electron chi connectivity index (χ1n) is 8.45. The summed E-state index contributed by atoms with van der Waals surface area (Å²) in [5.41, 5.74) is -0.305. The van der Waals surface area contributed by atoms with Crippen molar-refractivity contribution in [2.24, 2.45) is 7.05 Å². The van der Waals surface area contributed by atoms with E-state index in [1.165, 1.54) is 18.7 Å². The van der Waals surface area contributed by atoms with Crippen LogP contribution >= 0.6 is 0 Å². The van der Waals surface area contributed by atoms with Crippen LogP contribution in [0.1, 0.15) is 18.4 Å². The minimum absolute atomic E-state index is 0.0120. The summed E-state index contributed by atoms with van der Waals surface area (Å²) in [5, 5.41) is 2.90. The lowest BCUT2D eigenvalue weighted by Crippen LogP contribution is -2.44. The molecule has 1 unspecified atom stereocenters. The summed E-state index contributed by atoms with van der Waals surface area (Å²) < 4.78 is 12.9. The van der Waals surface area contributed by atoms with Gasteiger partial charge in [-0.05, 0) is 19.8 Å². The third kappa shape index (κ3) is 3.22. The van der Waals surface area contributed by atoms with Gasteiger partial charge in [-0.15, -0.1) is 0 Å². The van der Waals surface area contributed by atoms with Gasteiger partial charge < -0.3 is 14.8 Å². The molecule has 1 saturated heterocycles. The molecule has 3 rings (SSSR count). The maximum absolute atomic E-state index is 12.9. The molecule has 9 nitrogen and oxygen atoms in total. The standard InChI is InChI=1S/C17H22N4O5/c1-10-7-19-15-13(14(10)25-3)16(23)21(17(24)20(15)2)9-12(22)18-8-11-5-4-6-26-11/h7,11H,4-6,8-9H2,1-3H3,(H,18,22). The SMILES string of the molecule is COc1c(C)cnc2c1c(=O)n(CC(=O)NCC1CCCO1)c(=O)n2C. The minimum atomic E-state index is -0.604. The van der Waals surface area contributed by atoms with Crippen LogP contribution in [0.15, 0.2) is 15.8 Å². The van der Waals surface area contributed by atoms with Crippen LogP contribution in [0.25, 0.3) is 11.0 Å². The molecule has 2 aromatic heterocycles. The van der Waals surface area contributed by atoms with E-state index >= 15 is 0 Å². The Morgan fingerprint density at radius 3 is 2.88 bits per heavy atom. The van der Waals surface area contributed by atoms with Gasteiger partial charge in [0.2, 0.25) is 5.91 Å². The summed E-state index contributed by atoms with van der Waals surface area (Å²) in [4.78, 5) is 41.8. The maximum Gasteiger partial charge on any atom is 0.332 e. The largest absolute Gasteiger partial charge is 0.495 e. The molecular weight excluding hydrogens is 340 g/mol. The highest BCUT2D eigenvalue weighted by Crippen LogP contribution is 2.23. The highest BCUT2D eigenvalue weighted by molar-refractivity contribution is 5.83. The summed E-state index contributed by atoms with van der Waals surface area (Å²) >= 11 is 0. The Hall–Kier alpha value is -2.68. The second-order valence-corrected chi connectivity index (χ2v) is 6.35. The first-order chi connectivity index (χ1) is 12.4. The van der Waals surface area contributed by atoms with Gasteiger partial charge in [-0.3, -0.25) is 14.2 Å². The fraction of sp³-hybridized carbons (Fsp3) is 0.529. The van der Waals surface area contributed by atoms with E-state index in [9.17, 15) is 14.4 Å². The van der Waals surface area contributed by atoms with Crippen molar-refractivity contribution in [2.75, 3.05) is 20.3 Å². The molecule has 0 aromatic carbocycles. The van der Waals surface area contributed by atoms with Crippen LogP contribution in [0.5, 0.6) is 5.75 Å². The second kappa shape index (κ2) is 7.28. The monoisotopic (exact) mass is 362 g/mol. The van der Waals surface area contributed by atoms with Crippen molar-refractivity contribution in [2.45, 2.75) is 32.4 Å². The van der Waals surface area contributed by atoms with E-state index in [0.29, 0.717) is 24.5 Å². The molecule has 0 bridgehead atoms. The molecule has 1 N–H and O–H groups in total. The lowest BCUT2D eigenvalue weighted by Gasteiger charge is -2.14. The van der Waals surface area contributed by atoms with E-state index in [-0.39, 0.29) is 23.7 Å². The number of pyridine rings is 1. The smallest absolute Gasteiger partial charge is 0.332 e. The van der Waals surface area contributed by atoms with Gasteiger partial charge in [0.1, 0.15) is 17.7 Å². The molecule has 2 aromatic rings. The first kappa shape index (κ1) is 18.1. The first-order valence-corrected chi connectivity index (χ1v) is 8.45. The molecule has 1 aliphatic heterocycles. The lowest BCUT2D eigenvalue weighted by atomic mass is 10.2. The zero-order valence-electron chi connectivity index (χ0n) is 15.1. The Bertz CT molecular complexity index is 956. The van der Waals surface area contributed by atoms with Crippen molar-refractivity contribution in [1.82, 2.24) is 19.4 Å². The summed E-state index contributed by atoms with van der Waals surface area (Å²) in [6.07, 6.45) is 3.39. The van der Waals surface area contributed by atoms with Crippen molar-refractivity contribution >= 4 is 16.9 Å². The summed E-state index contributed by atoms with van der Waals surface area (Å²) in [6.45, 7) is 2.45. The number of hydrogen-bond acceptors (Lipinski definition) is 6. The topological polar surface area (TPSA) is 104 Å². The number of amides is 1. The summed E-state index contributed by atoms with van der Waals surface area (Å²) in [6, 6.07) is 0. The van der Waals surface area contributed by atoms with E-state index in [0.717, 1.165) is 17.4 Å². The number of nitrogens with zero attached hydrogens (tertiary/aromatic N) is 3. The Morgan fingerprint density at radius 1 is 1.46 bits per heavy atom. The normalized spacial score (nSPS) is 16.8. The van der Waals surface area contributed by atoms with Crippen LogP contribution < -0.4 is 21.3 Å². The molecule has 3 heterocycles. The van der Waals surface area contributed by atoms with E-state index in [4.69, 9.17) is 9.47 Å². The Balaban J connectivity index is 1.96. The molecule has 9 heteroatoms. The summed E-state index contributed by atoms with van der Waals surface area (Å²) in [5.74, 6) is -0.0669. The molecule has 1 aliphatic rings. The fourth-order valence-electron chi connectivity index (χ4n) is 3.16. The molecular formula is C17H22N4O5. The molecule has 26 heavy (non-hydrogen) atoms. The molecule has 0 saturated carbocycles. The Morgan fingerprint density at radius 2 is 2.23 bits per heavy atom. The molecule has 0 aliphatic carbocycles. The Kier molecular flexibility index (Phi) is 5.08. The molecule has 1 amide bonds. The second-order valence-electron chi connectivity index (χ2n) is 6.35. The number of fused-ring (bicyclic) bond motifs is 1. The van der Waals surface area contributed by atoms with Gasteiger partial charge in [-0.1, -0.05) is 0 Å². The van der Waals surface area contributed by atoms with E-state index in [2.05, 4.69) is 10.3 Å². The predicted molar refractivity (Wildman–Crippen MR) is 94.5 cm³/mol. The summed E-state index contributed by atoms with van der Waals surface area (Å²) in [7, 11) is 2.96. The zero-order chi connectivity index (χ0) is 18.8. The maximum atomic E-state index is 12.9. The van der Waals surface area contributed by atoms with Crippen molar-refractivity contribution in [3.8, 4) is 5.75 Å². The number of hydrogen-bond donors (Lipinski definition) is 1. The van der Waals surface area contributed by atoms with Crippen molar-refractivity contribution < 1.29 is 14.3 Å². The fourth-order valence-corrected chi connectivity index (χ4v) is 3.16. The number of aryl methyl sites for hydroxylation is 2. The van der Waals surface area contributed by atoms with Crippen LogP contribution in [0.4, 0.5) is 0 Å². The third-order valence-electron chi connectivity index (χ3n) is 4.54. The number of nitrogens with one attached hydrogen (secondary N) is 1. The third-order valence-corrected chi connectivity index (χ3v) is 4.54. The van der Waals surface area contributed by atoms with Gasteiger partial charge in [0.05, 0.1) is 13.2 Å². The number of carbonyl (C=O) groups excluding carboxylic acids is 1. The number of carbonyl (C=O) groups is 1. The van der Waals surface area contributed by atoms with Gasteiger partial charge >= 0.3 is 5.69 Å². The van der Waals surface area contributed by atoms with Crippen molar-refractivity contribution in [3.05, 3.63) is 32.6 Å². The van der Waals surface area contributed by atoms with E-state index in [1.807, 2.05) is 0 Å². The van der Waals surface area contributed by atoms with Crippen LogP contribution in [0.2, 0.25) is 0 Å². The predicted octanol–water partition coefficient (Wildman–Crippen LogP) is -0.293. The molecule has 1 atom stereocenters. The van der Waals surface area contributed by atoms with Crippen LogP contribution in [-0.4, -0.2) is 46.4 Å². The average Bonchev–Trinajstić information content (AvgIpc) is 3.15. The number of rotatable bonds is 5. The number of methoxy groups -OCH3 is 1. The van der Waals surface area contributed by atoms with Crippen molar-refractivity contribution in [1.29, 1.82) is 0 Å². The van der Waals surface area contributed by atoms with Crippen LogP contribution in [0.3, 0.4) is 0 Å². The molecule has 0 spiro atoms. The molecule has 0 radical (unpaired) electrons. The van der Waals surface area contributed by atoms with Crippen molar-refractivity contribution in [3.63, 3.8) is 0 Å². The van der Waals surface area contributed by atoms with Crippen LogP contribution in [-0.2, 0) is 23.1 Å². The minimum Gasteiger partial charge on any atom is -0.495 e. The van der Waals surface area contributed by atoms with E-state index < -0.39 is 17.2 Å². The zero-order valence-corrected chi connectivity index (χ0v) is 15.1. The average molecular weight is 362 g/mol. The Labute approximate surface area is 149 Å². The van der Waals surface area contributed by atoms with Gasteiger partial charge in [0.15, 0.2) is 5.65 Å². The lowest BCUT2D eigenvalue weighted by molar-refractivity contribution is -0.122.